The molecule has 0 saturated heterocycles. The van der Waals surface area contributed by atoms with Gasteiger partial charge >= 0.3 is 0 Å². The van der Waals surface area contributed by atoms with Crippen LogP contribution in [0.1, 0.15) is 26.5 Å². The Hall–Kier alpha value is -3.41. The van der Waals surface area contributed by atoms with Gasteiger partial charge in [-0.25, -0.2) is 4.98 Å². The summed E-state index contributed by atoms with van der Waals surface area (Å²) in [6.45, 7) is 1.87. The van der Waals surface area contributed by atoms with Gasteiger partial charge in [0.2, 0.25) is 0 Å². The van der Waals surface area contributed by atoms with Crippen LogP contribution in [-0.4, -0.2) is 16.8 Å². The Morgan fingerprint density at radius 1 is 0.958 bits per heavy atom. The van der Waals surface area contributed by atoms with Gasteiger partial charge in [0.25, 0.3) is 11.8 Å². The number of furan rings is 1. The lowest BCUT2D eigenvalue weighted by atomic mass is 10.2. The molecule has 1 aromatic carbocycles. The lowest BCUT2D eigenvalue weighted by Crippen LogP contribution is -2.14. The Kier molecular flexibility index (Phi) is 4.38. The number of carbonyl (C=O) groups is 2. The number of aromatic nitrogens is 1. The number of carbonyl (C=O) groups excluding carboxylic acids is 2. The van der Waals surface area contributed by atoms with E-state index in [9.17, 15) is 9.59 Å². The monoisotopic (exact) mass is 321 g/mol. The number of hydrogen-bond acceptors (Lipinski definition) is 4. The van der Waals surface area contributed by atoms with Crippen LogP contribution in [-0.2, 0) is 0 Å². The van der Waals surface area contributed by atoms with Crippen LogP contribution < -0.4 is 10.6 Å². The maximum absolute atomic E-state index is 12.2. The molecule has 3 aromatic rings. The minimum Gasteiger partial charge on any atom is -0.459 e. The predicted molar refractivity (Wildman–Crippen MR) is 90.0 cm³/mol. The van der Waals surface area contributed by atoms with Crippen molar-refractivity contribution in [2.45, 2.75) is 6.92 Å². The topological polar surface area (TPSA) is 84.2 Å². The van der Waals surface area contributed by atoms with E-state index in [0.717, 1.165) is 5.56 Å². The Labute approximate surface area is 138 Å². The molecule has 2 heterocycles. The first-order valence-electron chi connectivity index (χ1n) is 7.31. The van der Waals surface area contributed by atoms with Gasteiger partial charge in [-0.1, -0.05) is 6.07 Å². The molecule has 2 N–H and O–H groups in total. The number of rotatable bonds is 4. The number of benzene rings is 1. The predicted octanol–water partition coefficient (Wildman–Crippen LogP) is 3.49. The standard InChI is InChI=1S/C18H15N3O3/c1-12-4-2-10-19-16(12)21-17(22)13-6-8-14(9-7-13)20-18(23)15-5-3-11-24-15/h2-11H,1H3,(H,20,23)(H,19,21,22). The van der Waals surface area contributed by atoms with Crippen LogP contribution in [0, 0.1) is 6.92 Å². The molecule has 0 radical (unpaired) electrons. The highest BCUT2D eigenvalue weighted by atomic mass is 16.3. The second-order valence-electron chi connectivity index (χ2n) is 5.13. The Morgan fingerprint density at radius 3 is 2.42 bits per heavy atom. The number of nitrogens with one attached hydrogen (secondary N) is 2. The van der Waals surface area contributed by atoms with Crippen molar-refractivity contribution < 1.29 is 14.0 Å². The summed E-state index contributed by atoms with van der Waals surface area (Å²) in [5.74, 6) is 0.141. The third-order valence-corrected chi connectivity index (χ3v) is 3.39. The van der Waals surface area contributed by atoms with E-state index in [1.807, 2.05) is 19.1 Å². The lowest BCUT2D eigenvalue weighted by molar-refractivity contribution is 0.0995. The first kappa shape index (κ1) is 15.5. The van der Waals surface area contributed by atoms with E-state index >= 15 is 0 Å². The quantitative estimate of drug-likeness (QED) is 0.770. The van der Waals surface area contributed by atoms with Crippen LogP contribution in [0.25, 0.3) is 0 Å². The van der Waals surface area contributed by atoms with Crippen molar-refractivity contribution in [2.75, 3.05) is 10.6 Å². The van der Waals surface area contributed by atoms with Crippen molar-refractivity contribution in [1.29, 1.82) is 0 Å². The van der Waals surface area contributed by atoms with Gasteiger partial charge in [-0.05, 0) is 55.0 Å². The number of aryl methyl sites for hydroxylation is 1. The van der Waals surface area contributed by atoms with E-state index < -0.39 is 0 Å². The summed E-state index contributed by atoms with van der Waals surface area (Å²) in [4.78, 5) is 28.2. The molecule has 0 aliphatic heterocycles. The van der Waals surface area contributed by atoms with Gasteiger partial charge in [-0.3, -0.25) is 9.59 Å². The Bertz CT molecular complexity index is 855. The smallest absolute Gasteiger partial charge is 0.291 e. The van der Waals surface area contributed by atoms with E-state index in [-0.39, 0.29) is 17.6 Å². The van der Waals surface area contributed by atoms with Crippen LogP contribution in [0.2, 0.25) is 0 Å². The number of pyridine rings is 1. The average Bonchev–Trinajstić information content (AvgIpc) is 3.12. The van der Waals surface area contributed by atoms with Crippen molar-refractivity contribution in [3.63, 3.8) is 0 Å². The normalized spacial score (nSPS) is 10.2. The van der Waals surface area contributed by atoms with Gasteiger partial charge in [0.1, 0.15) is 5.82 Å². The number of amides is 2. The van der Waals surface area contributed by atoms with E-state index in [4.69, 9.17) is 4.42 Å². The SMILES string of the molecule is Cc1cccnc1NC(=O)c1ccc(NC(=O)c2ccco2)cc1. The molecule has 0 aliphatic rings. The van der Waals surface area contributed by atoms with Crippen molar-refractivity contribution in [1.82, 2.24) is 4.98 Å². The zero-order chi connectivity index (χ0) is 16.9. The Balaban J connectivity index is 1.67. The third-order valence-electron chi connectivity index (χ3n) is 3.39. The molecule has 0 unspecified atom stereocenters. The minimum atomic E-state index is -0.346. The molecule has 2 aromatic heterocycles. The lowest BCUT2D eigenvalue weighted by Gasteiger charge is -2.08. The highest BCUT2D eigenvalue weighted by Gasteiger charge is 2.11. The first-order chi connectivity index (χ1) is 11.6. The second kappa shape index (κ2) is 6.78. The summed E-state index contributed by atoms with van der Waals surface area (Å²) < 4.78 is 5.02. The molecule has 24 heavy (non-hydrogen) atoms. The van der Waals surface area contributed by atoms with Crippen LogP contribution in [0.3, 0.4) is 0 Å². The fraction of sp³-hybridized carbons (Fsp3) is 0.0556. The van der Waals surface area contributed by atoms with Crippen LogP contribution in [0.4, 0.5) is 11.5 Å². The summed E-state index contributed by atoms with van der Waals surface area (Å²) in [5.41, 5.74) is 1.92. The fourth-order valence-corrected chi connectivity index (χ4v) is 2.10. The van der Waals surface area contributed by atoms with Crippen molar-refractivity contribution in [2.24, 2.45) is 0 Å². The van der Waals surface area contributed by atoms with Crippen LogP contribution in [0.5, 0.6) is 0 Å². The molecule has 0 saturated carbocycles. The highest BCUT2D eigenvalue weighted by Crippen LogP contribution is 2.14. The summed E-state index contributed by atoms with van der Waals surface area (Å²) in [7, 11) is 0. The molecule has 6 nitrogen and oxygen atoms in total. The summed E-state index contributed by atoms with van der Waals surface area (Å²) in [6, 6.07) is 13.5. The molecule has 6 heteroatoms. The van der Waals surface area contributed by atoms with E-state index in [0.29, 0.717) is 17.1 Å². The molecule has 0 atom stereocenters. The van der Waals surface area contributed by atoms with E-state index in [1.54, 1.807) is 42.6 Å². The molecular weight excluding hydrogens is 306 g/mol. The fourth-order valence-electron chi connectivity index (χ4n) is 2.10. The second-order valence-corrected chi connectivity index (χ2v) is 5.13. The molecule has 2 amide bonds. The van der Waals surface area contributed by atoms with Crippen LogP contribution in [0.15, 0.2) is 65.4 Å². The van der Waals surface area contributed by atoms with E-state index in [2.05, 4.69) is 15.6 Å². The molecular formula is C18H15N3O3. The number of nitrogens with zero attached hydrogens (tertiary/aromatic N) is 1. The van der Waals surface area contributed by atoms with Gasteiger partial charge in [0.15, 0.2) is 5.76 Å². The van der Waals surface area contributed by atoms with Gasteiger partial charge in [-0.2, -0.15) is 0 Å². The van der Waals surface area contributed by atoms with Gasteiger partial charge in [0.05, 0.1) is 6.26 Å². The van der Waals surface area contributed by atoms with Crippen LogP contribution >= 0.6 is 0 Å². The highest BCUT2D eigenvalue weighted by molar-refractivity contribution is 6.05. The largest absolute Gasteiger partial charge is 0.459 e. The van der Waals surface area contributed by atoms with Gasteiger partial charge in [0, 0.05) is 17.4 Å². The first-order valence-corrected chi connectivity index (χ1v) is 7.31. The molecule has 0 fully saturated rings. The number of hydrogen-bond donors (Lipinski definition) is 2. The minimum absolute atomic E-state index is 0.224. The number of anilines is 2. The van der Waals surface area contributed by atoms with Gasteiger partial charge in [-0.15, -0.1) is 0 Å². The summed E-state index contributed by atoms with van der Waals surface area (Å²) in [6.07, 6.45) is 3.05. The van der Waals surface area contributed by atoms with Gasteiger partial charge < -0.3 is 15.1 Å². The maximum atomic E-state index is 12.2. The zero-order valence-corrected chi connectivity index (χ0v) is 12.9. The van der Waals surface area contributed by atoms with Crippen molar-refractivity contribution in [3.05, 3.63) is 77.9 Å². The van der Waals surface area contributed by atoms with E-state index in [1.165, 1.54) is 6.26 Å². The molecule has 3 rings (SSSR count). The van der Waals surface area contributed by atoms with Crippen molar-refractivity contribution >= 4 is 23.3 Å². The zero-order valence-electron chi connectivity index (χ0n) is 12.9. The summed E-state index contributed by atoms with van der Waals surface area (Å²) in [5, 5.41) is 5.45. The molecule has 0 bridgehead atoms. The average molecular weight is 321 g/mol. The molecule has 0 aliphatic carbocycles. The van der Waals surface area contributed by atoms with Crippen molar-refractivity contribution in [3.8, 4) is 0 Å². The Morgan fingerprint density at radius 2 is 1.75 bits per heavy atom. The summed E-state index contributed by atoms with van der Waals surface area (Å²) >= 11 is 0. The third kappa shape index (κ3) is 3.49. The maximum Gasteiger partial charge on any atom is 0.291 e. The molecule has 120 valence electrons. The molecule has 0 spiro atoms.